The molecule has 1 amide bonds. The Morgan fingerprint density at radius 3 is 2.29 bits per heavy atom. The molecule has 1 aromatic carbocycles. The van der Waals surface area contributed by atoms with E-state index in [0.29, 0.717) is 19.3 Å². The summed E-state index contributed by atoms with van der Waals surface area (Å²) in [5.41, 5.74) is 1.10. The number of carbonyl (C=O) groups is 3. The van der Waals surface area contributed by atoms with Gasteiger partial charge in [-0.3, -0.25) is 14.9 Å². The molecule has 1 saturated heterocycles. The standard InChI is InChI=1S/C23H32N2O5.5H2S/c1-3-30-23(29)18(13-12-16-8-5-4-6-9-16)24-15(2)21(26)25-19-11-7-10-17(19)14-20(25)22(27)28;;;;;/h4-6,8-9,15,17-20,24H,3,7,10-14H2,1-2H3,(H,27,28);5*1H2/t15-,17-,18-,19-,20-;;;;;/m0...../s1. The number of benzene rings is 1. The third-order valence-electron chi connectivity index (χ3n) is 6.33. The molecule has 0 bridgehead atoms. The van der Waals surface area contributed by atoms with Crippen LogP contribution < -0.4 is 5.32 Å². The first-order chi connectivity index (χ1) is 14.4. The summed E-state index contributed by atoms with van der Waals surface area (Å²) in [6, 6.07) is 7.76. The first-order valence-electron chi connectivity index (χ1n) is 10.9. The van der Waals surface area contributed by atoms with Gasteiger partial charge in [0.05, 0.1) is 12.6 Å². The van der Waals surface area contributed by atoms with Crippen molar-refractivity contribution in [2.45, 2.75) is 76.5 Å². The van der Waals surface area contributed by atoms with Crippen molar-refractivity contribution in [1.82, 2.24) is 10.2 Å². The number of amides is 1. The molecule has 7 nitrogen and oxygen atoms in total. The fourth-order valence-electron chi connectivity index (χ4n) is 4.89. The molecule has 2 N–H and O–H groups in total. The molecule has 2 fully saturated rings. The van der Waals surface area contributed by atoms with Crippen LogP contribution in [0.15, 0.2) is 30.3 Å². The normalized spacial score (nSPS) is 21.3. The summed E-state index contributed by atoms with van der Waals surface area (Å²) in [5.74, 6) is -1.31. The number of likely N-dealkylation sites (tertiary alicyclic amines) is 1. The predicted octanol–water partition coefficient (Wildman–Crippen LogP) is 2.95. The molecule has 3 rings (SSSR count). The first kappa shape index (κ1) is 38.9. The lowest BCUT2D eigenvalue weighted by Gasteiger charge is -2.31. The van der Waals surface area contributed by atoms with Gasteiger partial charge in [-0.2, -0.15) is 67.5 Å². The average molecular weight is 587 g/mol. The summed E-state index contributed by atoms with van der Waals surface area (Å²) in [6.45, 7) is 3.72. The zero-order chi connectivity index (χ0) is 21.7. The third kappa shape index (κ3) is 9.96. The van der Waals surface area contributed by atoms with Gasteiger partial charge in [0.25, 0.3) is 0 Å². The SMILES string of the molecule is CCOC(=O)[C@H](CCc1ccccc1)N[C@@H](C)C(=O)N1[C@H](C(=O)O)C[C@@H]2CCC[C@@H]21.S.S.S.S.S. The van der Waals surface area contributed by atoms with Crippen molar-refractivity contribution < 1.29 is 24.2 Å². The smallest absolute Gasteiger partial charge is 0.326 e. The Morgan fingerprint density at radius 1 is 1.09 bits per heavy atom. The van der Waals surface area contributed by atoms with Crippen molar-refractivity contribution in [3.05, 3.63) is 35.9 Å². The molecule has 1 heterocycles. The molecule has 1 saturated carbocycles. The zero-order valence-electron chi connectivity index (χ0n) is 20.3. The fraction of sp³-hybridized carbons (Fsp3) is 0.609. The Kier molecular flexibility index (Phi) is 20.6. The van der Waals surface area contributed by atoms with Crippen LogP contribution in [-0.4, -0.2) is 58.6 Å². The molecule has 204 valence electrons. The summed E-state index contributed by atoms with van der Waals surface area (Å²) in [7, 11) is 0. The minimum absolute atomic E-state index is 0. The molecule has 0 spiro atoms. The quantitative estimate of drug-likeness (QED) is 0.432. The van der Waals surface area contributed by atoms with E-state index < -0.39 is 24.1 Å². The first-order valence-corrected chi connectivity index (χ1v) is 10.9. The van der Waals surface area contributed by atoms with Crippen LogP contribution in [0.2, 0.25) is 0 Å². The number of rotatable bonds is 9. The Bertz CT molecular complexity index is 774. The van der Waals surface area contributed by atoms with Gasteiger partial charge in [-0.25, -0.2) is 4.79 Å². The summed E-state index contributed by atoms with van der Waals surface area (Å²) in [6.07, 6.45) is 4.54. The van der Waals surface area contributed by atoms with E-state index in [2.05, 4.69) is 5.32 Å². The number of fused-ring (bicyclic) bond motifs is 1. The summed E-state index contributed by atoms with van der Waals surface area (Å²) >= 11 is 0. The molecule has 1 aromatic rings. The lowest BCUT2D eigenvalue weighted by molar-refractivity contribution is -0.151. The predicted molar refractivity (Wildman–Crippen MR) is 164 cm³/mol. The molecule has 0 aromatic heterocycles. The monoisotopic (exact) mass is 586 g/mol. The highest BCUT2D eigenvalue weighted by Crippen LogP contribution is 2.41. The van der Waals surface area contributed by atoms with E-state index in [1.165, 1.54) is 0 Å². The number of hydrogen-bond donors (Lipinski definition) is 2. The highest BCUT2D eigenvalue weighted by Gasteiger charge is 2.49. The highest BCUT2D eigenvalue weighted by molar-refractivity contribution is 7.60. The maximum atomic E-state index is 13.2. The van der Waals surface area contributed by atoms with Crippen LogP contribution in [0.1, 0.15) is 51.5 Å². The number of hydrogen-bond acceptors (Lipinski definition) is 5. The van der Waals surface area contributed by atoms with Gasteiger partial charge >= 0.3 is 11.9 Å². The number of carbonyl (C=O) groups excluding carboxylic acids is 2. The van der Waals surface area contributed by atoms with Gasteiger partial charge in [-0.1, -0.05) is 36.8 Å². The number of nitrogens with one attached hydrogen (secondary N) is 1. The van der Waals surface area contributed by atoms with Crippen LogP contribution in [0.25, 0.3) is 0 Å². The molecule has 5 atom stereocenters. The topological polar surface area (TPSA) is 95.9 Å². The van der Waals surface area contributed by atoms with Gasteiger partial charge in [0.1, 0.15) is 12.1 Å². The van der Waals surface area contributed by atoms with Gasteiger partial charge in [0.15, 0.2) is 0 Å². The number of carboxylic acid groups (broad SMARTS) is 1. The average Bonchev–Trinajstić information content (AvgIpc) is 3.32. The lowest BCUT2D eigenvalue weighted by atomic mass is 10.0. The Labute approximate surface area is 243 Å². The molecular formula is C23H42N2O5S5. The van der Waals surface area contributed by atoms with Crippen molar-refractivity contribution in [3.63, 3.8) is 0 Å². The van der Waals surface area contributed by atoms with Gasteiger partial charge in [-0.15, -0.1) is 0 Å². The van der Waals surface area contributed by atoms with E-state index in [0.717, 1.165) is 24.8 Å². The molecule has 0 unspecified atom stereocenters. The van der Waals surface area contributed by atoms with Crippen LogP contribution in [-0.2, 0) is 25.5 Å². The number of aryl methyl sites for hydroxylation is 1. The van der Waals surface area contributed by atoms with Crippen molar-refractivity contribution in [2.24, 2.45) is 5.92 Å². The number of nitrogens with zero attached hydrogens (tertiary/aromatic N) is 1. The second-order valence-electron chi connectivity index (χ2n) is 8.31. The van der Waals surface area contributed by atoms with Crippen LogP contribution in [0, 0.1) is 5.92 Å². The van der Waals surface area contributed by atoms with Crippen LogP contribution in [0.5, 0.6) is 0 Å². The maximum absolute atomic E-state index is 13.2. The van der Waals surface area contributed by atoms with Crippen molar-refractivity contribution in [3.8, 4) is 0 Å². The van der Waals surface area contributed by atoms with Crippen molar-refractivity contribution >= 4 is 85.3 Å². The van der Waals surface area contributed by atoms with Gasteiger partial charge in [0.2, 0.25) is 5.91 Å². The van der Waals surface area contributed by atoms with Crippen LogP contribution in [0.4, 0.5) is 0 Å². The molecule has 12 heteroatoms. The van der Waals surface area contributed by atoms with Crippen molar-refractivity contribution in [2.75, 3.05) is 6.61 Å². The maximum Gasteiger partial charge on any atom is 0.326 e. The van der Waals surface area contributed by atoms with Crippen molar-refractivity contribution in [1.29, 1.82) is 0 Å². The summed E-state index contributed by atoms with van der Waals surface area (Å²) in [5, 5.41) is 12.8. The molecule has 0 radical (unpaired) electrons. The number of aliphatic carboxylic acids is 1. The highest BCUT2D eigenvalue weighted by atomic mass is 32.1. The van der Waals surface area contributed by atoms with E-state index in [9.17, 15) is 19.5 Å². The number of ether oxygens (including phenoxy) is 1. The minimum atomic E-state index is -0.948. The van der Waals surface area contributed by atoms with E-state index >= 15 is 0 Å². The van der Waals surface area contributed by atoms with Crippen LogP contribution in [0.3, 0.4) is 0 Å². The summed E-state index contributed by atoms with van der Waals surface area (Å²) < 4.78 is 5.21. The zero-order valence-corrected chi connectivity index (χ0v) is 25.3. The molecule has 1 aliphatic heterocycles. The van der Waals surface area contributed by atoms with E-state index in [1.807, 2.05) is 30.3 Å². The molecular weight excluding hydrogens is 545 g/mol. The Morgan fingerprint density at radius 2 is 1.71 bits per heavy atom. The second kappa shape index (κ2) is 18.6. The van der Waals surface area contributed by atoms with E-state index in [1.54, 1.807) is 18.7 Å². The Balaban J connectivity index is -0.00000205. The van der Waals surface area contributed by atoms with E-state index in [-0.39, 0.29) is 97.9 Å². The third-order valence-corrected chi connectivity index (χ3v) is 6.33. The molecule has 35 heavy (non-hydrogen) atoms. The fourth-order valence-corrected chi connectivity index (χ4v) is 4.89. The second-order valence-corrected chi connectivity index (χ2v) is 8.31. The molecule has 1 aliphatic carbocycles. The number of carboxylic acids is 1. The Hall–Kier alpha value is -0.660. The minimum Gasteiger partial charge on any atom is -0.480 e. The van der Waals surface area contributed by atoms with Gasteiger partial charge in [-0.05, 0) is 57.4 Å². The largest absolute Gasteiger partial charge is 0.480 e. The van der Waals surface area contributed by atoms with Gasteiger partial charge < -0.3 is 14.7 Å². The van der Waals surface area contributed by atoms with Crippen LogP contribution >= 0.6 is 67.5 Å². The molecule has 2 aliphatic rings. The summed E-state index contributed by atoms with van der Waals surface area (Å²) in [4.78, 5) is 39.1. The van der Waals surface area contributed by atoms with E-state index in [4.69, 9.17) is 4.74 Å². The lowest BCUT2D eigenvalue weighted by Crippen LogP contribution is -2.55. The number of esters is 1. The van der Waals surface area contributed by atoms with Gasteiger partial charge in [0, 0.05) is 6.04 Å².